The Balaban J connectivity index is 2.21. The van der Waals surface area contributed by atoms with Crippen molar-refractivity contribution >= 4 is 11.6 Å². The number of halogens is 2. The summed E-state index contributed by atoms with van der Waals surface area (Å²) in [6.07, 6.45) is 3.95. The number of hydrogen-bond donors (Lipinski definition) is 2. The molecule has 5 heteroatoms. The van der Waals surface area contributed by atoms with Crippen LogP contribution in [0.15, 0.2) is 30.6 Å². The van der Waals surface area contributed by atoms with Crippen molar-refractivity contribution < 1.29 is 4.39 Å². The minimum Gasteiger partial charge on any atom is -0.347 e. The Morgan fingerprint density at radius 3 is 3.00 bits per heavy atom. The van der Waals surface area contributed by atoms with Crippen LogP contribution in [0, 0.1) is 5.82 Å². The summed E-state index contributed by atoms with van der Waals surface area (Å²) >= 11 is 5.89. The van der Waals surface area contributed by atoms with Gasteiger partial charge in [-0.05, 0) is 36.7 Å². The molecule has 1 aromatic carbocycles. The molecule has 3 nitrogen and oxygen atoms in total. The third-order valence-electron chi connectivity index (χ3n) is 2.73. The average molecular weight is 268 g/mol. The van der Waals surface area contributed by atoms with Gasteiger partial charge in [-0.3, -0.25) is 0 Å². The molecule has 0 spiro atoms. The molecule has 0 aliphatic rings. The van der Waals surface area contributed by atoms with Gasteiger partial charge in [0.15, 0.2) is 0 Å². The second kappa shape index (κ2) is 5.98. The fourth-order valence-corrected chi connectivity index (χ4v) is 2.09. The van der Waals surface area contributed by atoms with E-state index in [-0.39, 0.29) is 11.9 Å². The van der Waals surface area contributed by atoms with Gasteiger partial charge in [0.05, 0.1) is 6.04 Å². The first-order valence-corrected chi connectivity index (χ1v) is 6.25. The molecule has 96 valence electrons. The molecule has 0 bridgehead atoms. The molecule has 0 saturated carbocycles. The fourth-order valence-electron chi connectivity index (χ4n) is 1.90. The van der Waals surface area contributed by atoms with E-state index in [0.717, 1.165) is 12.4 Å². The minimum atomic E-state index is -0.242. The van der Waals surface area contributed by atoms with Crippen LogP contribution in [0.4, 0.5) is 4.39 Å². The van der Waals surface area contributed by atoms with Gasteiger partial charge in [0.2, 0.25) is 0 Å². The predicted octanol–water partition coefficient (Wildman–Crippen LogP) is 3.10. The summed E-state index contributed by atoms with van der Waals surface area (Å²) in [5, 5.41) is 3.82. The second-order valence-electron chi connectivity index (χ2n) is 4.02. The molecule has 1 heterocycles. The first-order chi connectivity index (χ1) is 8.70. The second-order valence-corrected chi connectivity index (χ2v) is 4.46. The lowest BCUT2D eigenvalue weighted by Crippen LogP contribution is -2.24. The first kappa shape index (κ1) is 13.1. The predicted molar refractivity (Wildman–Crippen MR) is 70.1 cm³/mol. The lowest BCUT2D eigenvalue weighted by atomic mass is 10.0. The number of H-pyrrole nitrogens is 1. The van der Waals surface area contributed by atoms with Crippen molar-refractivity contribution in [3.63, 3.8) is 0 Å². The SMILES string of the molecule is CCNC(Cc1cc(Cl)ccc1F)c1ncc[nH]1. The summed E-state index contributed by atoms with van der Waals surface area (Å²) in [6, 6.07) is 4.56. The lowest BCUT2D eigenvalue weighted by molar-refractivity contribution is 0.509. The number of aromatic amines is 1. The minimum absolute atomic E-state index is 0.0435. The highest BCUT2D eigenvalue weighted by Gasteiger charge is 2.15. The monoisotopic (exact) mass is 267 g/mol. The van der Waals surface area contributed by atoms with E-state index >= 15 is 0 Å². The topological polar surface area (TPSA) is 40.7 Å². The summed E-state index contributed by atoms with van der Waals surface area (Å²) in [5.74, 6) is 0.560. The molecule has 1 aromatic heterocycles. The van der Waals surface area contributed by atoms with Crippen molar-refractivity contribution in [1.29, 1.82) is 0 Å². The average Bonchev–Trinajstić information content (AvgIpc) is 2.87. The molecule has 1 atom stereocenters. The molecular weight excluding hydrogens is 253 g/mol. The molecule has 0 amide bonds. The normalized spacial score (nSPS) is 12.6. The van der Waals surface area contributed by atoms with E-state index in [0.29, 0.717) is 17.0 Å². The van der Waals surface area contributed by atoms with Crippen molar-refractivity contribution in [3.05, 3.63) is 52.8 Å². The van der Waals surface area contributed by atoms with E-state index in [1.165, 1.54) is 6.07 Å². The Morgan fingerprint density at radius 1 is 1.50 bits per heavy atom. The van der Waals surface area contributed by atoms with Gasteiger partial charge in [0, 0.05) is 17.4 Å². The van der Waals surface area contributed by atoms with Crippen molar-refractivity contribution in [2.24, 2.45) is 0 Å². The zero-order valence-electron chi connectivity index (χ0n) is 10.1. The van der Waals surface area contributed by atoms with Gasteiger partial charge >= 0.3 is 0 Å². The number of benzene rings is 1. The molecule has 2 aromatic rings. The van der Waals surface area contributed by atoms with E-state index in [1.807, 2.05) is 6.92 Å². The number of aromatic nitrogens is 2. The van der Waals surface area contributed by atoms with E-state index in [4.69, 9.17) is 11.6 Å². The maximum absolute atomic E-state index is 13.7. The Hall–Kier alpha value is -1.39. The summed E-state index contributed by atoms with van der Waals surface area (Å²) in [5.41, 5.74) is 0.588. The molecule has 0 saturated heterocycles. The van der Waals surface area contributed by atoms with Crippen LogP contribution in [-0.2, 0) is 6.42 Å². The number of nitrogens with one attached hydrogen (secondary N) is 2. The summed E-state index contributed by atoms with van der Waals surface area (Å²) in [6.45, 7) is 2.79. The van der Waals surface area contributed by atoms with Crippen LogP contribution < -0.4 is 5.32 Å². The van der Waals surface area contributed by atoms with Crippen LogP contribution in [0.5, 0.6) is 0 Å². The van der Waals surface area contributed by atoms with E-state index in [2.05, 4.69) is 15.3 Å². The zero-order chi connectivity index (χ0) is 13.0. The molecule has 1 unspecified atom stereocenters. The van der Waals surface area contributed by atoms with E-state index in [1.54, 1.807) is 24.5 Å². The Morgan fingerprint density at radius 2 is 2.33 bits per heavy atom. The maximum atomic E-state index is 13.7. The highest BCUT2D eigenvalue weighted by Crippen LogP contribution is 2.20. The Labute approximate surface area is 110 Å². The van der Waals surface area contributed by atoms with Crippen molar-refractivity contribution in [2.75, 3.05) is 6.54 Å². The highest BCUT2D eigenvalue weighted by molar-refractivity contribution is 6.30. The Kier molecular flexibility index (Phi) is 4.33. The standard InChI is InChI=1S/C13H15ClFN3/c1-2-16-12(13-17-5-6-18-13)8-9-7-10(14)3-4-11(9)15/h3-7,12,16H,2,8H2,1H3,(H,17,18). The van der Waals surface area contributed by atoms with E-state index < -0.39 is 0 Å². The largest absolute Gasteiger partial charge is 0.347 e. The molecule has 2 N–H and O–H groups in total. The van der Waals surface area contributed by atoms with Crippen LogP contribution >= 0.6 is 11.6 Å². The van der Waals surface area contributed by atoms with Crippen LogP contribution in [0.25, 0.3) is 0 Å². The number of nitrogens with zero attached hydrogens (tertiary/aromatic N) is 1. The smallest absolute Gasteiger partial charge is 0.126 e. The third-order valence-corrected chi connectivity index (χ3v) is 2.97. The maximum Gasteiger partial charge on any atom is 0.126 e. The van der Waals surface area contributed by atoms with Gasteiger partial charge in [-0.15, -0.1) is 0 Å². The van der Waals surface area contributed by atoms with Gasteiger partial charge in [-0.25, -0.2) is 9.37 Å². The van der Waals surface area contributed by atoms with Crippen LogP contribution in [0.3, 0.4) is 0 Å². The number of likely N-dealkylation sites (N-methyl/N-ethyl adjacent to an activating group) is 1. The van der Waals surface area contributed by atoms with Crippen LogP contribution in [0.1, 0.15) is 24.4 Å². The zero-order valence-corrected chi connectivity index (χ0v) is 10.8. The number of rotatable bonds is 5. The molecule has 0 aliphatic heterocycles. The van der Waals surface area contributed by atoms with Crippen LogP contribution in [0.2, 0.25) is 5.02 Å². The lowest BCUT2D eigenvalue weighted by Gasteiger charge is -2.16. The van der Waals surface area contributed by atoms with Crippen molar-refractivity contribution in [1.82, 2.24) is 15.3 Å². The summed E-state index contributed by atoms with van der Waals surface area (Å²) < 4.78 is 13.7. The van der Waals surface area contributed by atoms with E-state index in [9.17, 15) is 4.39 Å². The number of hydrogen-bond acceptors (Lipinski definition) is 2. The molecule has 18 heavy (non-hydrogen) atoms. The summed E-state index contributed by atoms with van der Waals surface area (Å²) in [4.78, 5) is 7.26. The Bertz CT molecular complexity index is 499. The van der Waals surface area contributed by atoms with Crippen LogP contribution in [-0.4, -0.2) is 16.5 Å². The number of imidazole rings is 1. The van der Waals surface area contributed by atoms with Crippen molar-refractivity contribution in [3.8, 4) is 0 Å². The quantitative estimate of drug-likeness (QED) is 0.874. The summed E-state index contributed by atoms with van der Waals surface area (Å²) in [7, 11) is 0. The first-order valence-electron chi connectivity index (χ1n) is 5.87. The molecule has 0 aliphatic carbocycles. The van der Waals surface area contributed by atoms with Gasteiger partial charge < -0.3 is 10.3 Å². The van der Waals surface area contributed by atoms with Gasteiger partial charge in [-0.2, -0.15) is 0 Å². The highest BCUT2D eigenvalue weighted by atomic mass is 35.5. The van der Waals surface area contributed by atoms with Gasteiger partial charge in [-0.1, -0.05) is 18.5 Å². The molecular formula is C13H15ClFN3. The van der Waals surface area contributed by atoms with Gasteiger partial charge in [0.25, 0.3) is 0 Å². The molecule has 0 radical (unpaired) electrons. The molecule has 2 rings (SSSR count). The fraction of sp³-hybridized carbons (Fsp3) is 0.308. The molecule has 0 fully saturated rings. The van der Waals surface area contributed by atoms with Gasteiger partial charge in [0.1, 0.15) is 11.6 Å². The van der Waals surface area contributed by atoms with Crippen molar-refractivity contribution in [2.45, 2.75) is 19.4 Å². The third kappa shape index (κ3) is 3.09.